The van der Waals surface area contributed by atoms with E-state index in [-0.39, 0.29) is 22.5 Å². The zero-order valence-corrected chi connectivity index (χ0v) is 19.1. The number of hydrogen-bond donors (Lipinski definition) is 1. The predicted molar refractivity (Wildman–Crippen MR) is 120 cm³/mol. The molecule has 9 nitrogen and oxygen atoms in total. The molecular weight excluding hydrogens is 430 g/mol. The van der Waals surface area contributed by atoms with Crippen molar-refractivity contribution in [2.75, 3.05) is 0 Å². The van der Waals surface area contributed by atoms with E-state index < -0.39 is 21.1 Å². The average molecular weight is 458 g/mol. The molecule has 0 unspecified atom stereocenters. The number of sulfonamides is 1. The Morgan fingerprint density at radius 2 is 1.94 bits per heavy atom. The van der Waals surface area contributed by atoms with Crippen LogP contribution in [-0.2, 0) is 30.2 Å². The van der Waals surface area contributed by atoms with Crippen LogP contribution in [0.25, 0.3) is 10.9 Å². The summed E-state index contributed by atoms with van der Waals surface area (Å²) in [5, 5.41) is 4.35. The molecule has 2 aliphatic carbocycles. The van der Waals surface area contributed by atoms with Gasteiger partial charge in [-0.3, -0.25) is 18.6 Å². The first-order valence-electron chi connectivity index (χ1n) is 10.9. The van der Waals surface area contributed by atoms with Crippen LogP contribution in [0.5, 0.6) is 0 Å². The molecule has 2 fully saturated rings. The SMILES string of the molecule is Cn1cc(Cn2c(=O)c3cc(S(=O)(=O)NC4(C)CC4)ccc3n(CCC3CC3)c2=O)cn1. The lowest BCUT2D eigenvalue weighted by molar-refractivity contribution is 0.551. The molecule has 170 valence electrons. The van der Waals surface area contributed by atoms with E-state index in [1.54, 1.807) is 34.8 Å². The molecule has 0 amide bonds. The standard InChI is InChI=1S/C22H27N5O4S/c1-22(8-9-22)24-32(30,31)17-5-6-19-18(11-17)20(28)27(14-16-12-23-25(2)13-16)21(29)26(19)10-7-15-3-4-15/h5-6,11-13,15,24H,3-4,7-10,14H2,1-2H3. The molecule has 2 aliphatic rings. The second-order valence-electron chi connectivity index (χ2n) is 9.42. The van der Waals surface area contributed by atoms with Crippen LogP contribution < -0.4 is 16.0 Å². The third kappa shape index (κ3) is 4.04. The number of fused-ring (bicyclic) bond motifs is 1. The largest absolute Gasteiger partial charge is 0.331 e. The van der Waals surface area contributed by atoms with Gasteiger partial charge in [-0.05, 0) is 50.3 Å². The lowest BCUT2D eigenvalue weighted by Crippen LogP contribution is -2.40. The van der Waals surface area contributed by atoms with Crippen LogP contribution in [0.4, 0.5) is 0 Å². The summed E-state index contributed by atoms with van der Waals surface area (Å²) in [4.78, 5) is 26.7. The zero-order chi connectivity index (χ0) is 22.7. The van der Waals surface area contributed by atoms with Crippen molar-refractivity contribution in [3.05, 3.63) is 57.0 Å². The molecule has 0 radical (unpaired) electrons. The van der Waals surface area contributed by atoms with Crippen LogP contribution in [0.1, 0.15) is 44.6 Å². The van der Waals surface area contributed by atoms with Gasteiger partial charge in [0.1, 0.15) is 0 Å². The molecule has 1 N–H and O–H groups in total. The summed E-state index contributed by atoms with van der Waals surface area (Å²) in [7, 11) is -2.00. The molecule has 3 aromatic rings. The van der Waals surface area contributed by atoms with Crippen molar-refractivity contribution >= 4 is 20.9 Å². The normalized spacial score (nSPS) is 17.7. The summed E-state index contributed by atoms with van der Waals surface area (Å²) < 4.78 is 32.9. The third-order valence-corrected chi connectivity index (χ3v) is 8.08. The topological polar surface area (TPSA) is 108 Å². The van der Waals surface area contributed by atoms with Crippen LogP contribution in [0.3, 0.4) is 0 Å². The quantitative estimate of drug-likeness (QED) is 0.553. The minimum Gasteiger partial charge on any atom is -0.293 e. The Kier molecular flexibility index (Phi) is 4.90. The highest BCUT2D eigenvalue weighted by molar-refractivity contribution is 7.89. The zero-order valence-electron chi connectivity index (χ0n) is 18.2. The van der Waals surface area contributed by atoms with Crippen molar-refractivity contribution in [2.24, 2.45) is 13.0 Å². The van der Waals surface area contributed by atoms with Crippen molar-refractivity contribution < 1.29 is 8.42 Å². The Bertz CT molecular complexity index is 1420. The number of aryl methyl sites for hydroxylation is 2. The van der Waals surface area contributed by atoms with E-state index in [2.05, 4.69) is 9.82 Å². The Morgan fingerprint density at radius 1 is 1.19 bits per heavy atom. The van der Waals surface area contributed by atoms with Gasteiger partial charge in [-0.1, -0.05) is 12.8 Å². The summed E-state index contributed by atoms with van der Waals surface area (Å²) in [6.07, 6.45) is 8.14. The molecule has 5 rings (SSSR count). The lowest BCUT2D eigenvalue weighted by atomic mass is 10.2. The van der Waals surface area contributed by atoms with E-state index >= 15 is 0 Å². The highest BCUT2D eigenvalue weighted by Gasteiger charge is 2.41. The van der Waals surface area contributed by atoms with Crippen LogP contribution in [0, 0.1) is 5.92 Å². The van der Waals surface area contributed by atoms with Crippen molar-refractivity contribution in [2.45, 2.75) is 62.6 Å². The fraction of sp³-hybridized carbons (Fsp3) is 0.500. The molecule has 2 saturated carbocycles. The Labute approximate surface area is 185 Å². The maximum absolute atomic E-state index is 13.3. The van der Waals surface area contributed by atoms with Crippen molar-refractivity contribution in [1.82, 2.24) is 23.6 Å². The van der Waals surface area contributed by atoms with Crippen LogP contribution >= 0.6 is 0 Å². The monoisotopic (exact) mass is 457 g/mol. The number of benzene rings is 1. The first-order valence-corrected chi connectivity index (χ1v) is 12.4. The molecule has 0 saturated heterocycles. The number of nitrogens with one attached hydrogen (secondary N) is 1. The van der Waals surface area contributed by atoms with Crippen molar-refractivity contribution in [1.29, 1.82) is 0 Å². The molecular formula is C22H27N5O4S. The Balaban J connectivity index is 1.64. The van der Waals surface area contributed by atoms with Gasteiger partial charge in [-0.25, -0.2) is 17.9 Å². The fourth-order valence-electron chi connectivity index (χ4n) is 4.05. The maximum Gasteiger partial charge on any atom is 0.331 e. The molecule has 1 aromatic carbocycles. The molecule has 0 aliphatic heterocycles. The fourth-order valence-corrected chi connectivity index (χ4v) is 5.54. The van der Waals surface area contributed by atoms with Gasteiger partial charge in [-0.2, -0.15) is 5.10 Å². The van der Waals surface area contributed by atoms with Crippen LogP contribution in [0.2, 0.25) is 0 Å². The summed E-state index contributed by atoms with van der Waals surface area (Å²) in [5.41, 5.74) is -0.0961. The first kappa shape index (κ1) is 21.1. The van der Waals surface area contributed by atoms with E-state index in [1.807, 2.05) is 6.92 Å². The highest BCUT2D eigenvalue weighted by atomic mass is 32.2. The molecule has 0 spiro atoms. The van der Waals surface area contributed by atoms with E-state index in [1.165, 1.54) is 16.7 Å². The number of hydrogen-bond acceptors (Lipinski definition) is 5. The first-order chi connectivity index (χ1) is 15.2. The second kappa shape index (κ2) is 7.41. The molecule has 2 heterocycles. The van der Waals surface area contributed by atoms with Gasteiger partial charge in [-0.15, -0.1) is 0 Å². The third-order valence-electron chi connectivity index (χ3n) is 6.44. The Hall–Kier alpha value is -2.72. The van der Waals surface area contributed by atoms with Gasteiger partial charge in [0, 0.05) is 30.9 Å². The minimum absolute atomic E-state index is 0.0375. The summed E-state index contributed by atoms with van der Waals surface area (Å²) in [6, 6.07) is 4.47. The second-order valence-corrected chi connectivity index (χ2v) is 11.1. The van der Waals surface area contributed by atoms with Crippen LogP contribution in [-0.4, -0.2) is 32.9 Å². The number of nitrogens with zero attached hydrogens (tertiary/aromatic N) is 4. The van der Waals surface area contributed by atoms with Gasteiger partial charge < -0.3 is 0 Å². The van der Waals surface area contributed by atoms with Gasteiger partial charge in [0.05, 0.1) is 28.5 Å². The van der Waals surface area contributed by atoms with E-state index in [0.29, 0.717) is 18.0 Å². The van der Waals surface area contributed by atoms with Gasteiger partial charge >= 0.3 is 5.69 Å². The minimum atomic E-state index is -3.77. The highest BCUT2D eigenvalue weighted by Crippen LogP contribution is 2.36. The molecule has 0 bridgehead atoms. The molecule has 10 heteroatoms. The smallest absolute Gasteiger partial charge is 0.293 e. The van der Waals surface area contributed by atoms with Gasteiger partial charge in [0.25, 0.3) is 5.56 Å². The number of rotatable bonds is 8. The molecule has 32 heavy (non-hydrogen) atoms. The van der Waals surface area contributed by atoms with E-state index in [0.717, 1.165) is 37.7 Å². The number of aromatic nitrogens is 4. The van der Waals surface area contributed by atoms with E-state index in [9.17, 15) is 18.0 Å². The lowest BCUT2D eigenvalue weighted by Gasteiger charge is -2.16. The Morgan fingerprint density at radius 3 is 2.56 bits per heavy atom. The van der Waals surface area contributed by atoms with Crippen molar-refractivity contribution in [3.63, 3.8) is 0 Å². The molecule has 2 aromatic heterocycles. The summed E-state index contributed by atoms with van der Waals surface area (Å²) in [5.74, 6) is 0.610. The van der Waals surface area contributed by atoms with Crippen molar-refractivity contribution in [3.8, 4) is 0 Å². The van der Waals surface area contributed by atoms with Crippen LogP contribution in [0.15, 0.2) is 45.1 Å². The summed E-state index contributed by atoms with van der Waals surface area (Å²) >= 11 is 0. The average Bonchev–Trinajstić information content (AvgIpc) is 3.66. The summed E-state index contributed by atoms with van der Waals surface area (Å²) in [6.45, 7) is 2.44. The van der Waals surface area contributed by atoms with E-state index in [4.69, 9.17) is 0 Å². The van der Waals surface area contributed by atoms with Gasteiger partial charge in [0.2, 0.25) is 10.0 Å². The maximum atomic E-state index is 13.3. The van der Waals surface area contributed by atoms with Gasteiger partial charge in [0.15, 0.2) is 0 Å². The molecule has 0 atom stereocenters. The predicted octanol–water partition coefficient (Wildman–Crippen LogP) is 1.58.